The van der Waals surface area contributed by atoms with Crippen molar-refractivity contribution >= 4 is 15.9 Å². The van der Waals surface area contributed by atoms with Crippen molar-refractivity contribution in [1.82, 2.24) is 10.6 Å². The third-order valence-corrected chi connectivity index (χ3v) is 3.93. The molecular weight excluding hydrogens is 220 g/mol. The highest BCUT2D eigenvalue weighted by molar-refractivity contribution is 7.91. The first-order valence-corrected chi connectivity index (χ1v) is 6.59. The Morgan fingerprint density at radius 2 is 2.27 bits per heavy atom. The second kappa shape index (κ2) is 5.32. The van der Waals surface area contributed by atoms with E-state index in [0.29, 0.717) is 19.6 Å². The van der Waals surface area contributed by atoms with E-state index in [1.165, 1.54) is 0 Å². The van der Waals surface area contributed by atoms with Gasteiger partial charge in [0.1, 0.15) is 0 Å². The number of nitrogens with one attached hydrogen (secondary N) is 2. The number of hydrogen-bond donors (Lipinski definition) is 2. The van der Waals surface area contributed by atoms with Crippen molar-refractivity contribution < 1.29 is 17.9 Å². The Morgan fingerprint density at radius 1 is 1.53 bits per heavy atom. The molecule has 1 aliphatic rings. The number of amides is 2. The van der Waals surface area contributed by atoms with Crippen LogP contribution in [0.2, 0.25) is 0 Å². The van der Waals surface area contributed by atoms with Crippen molar-refractivity contribution in [3.05, 3.63) is 0 Å². The molecule has 1 aliphatic heterocycles. The summed E-state index contributed by atoms with van der Waals surface area (Å²) in [6, 6.07) is -0.591. The van der Waals surface area contributed by atoms with Gasteiger partial charge in [0.2, 0.25) is 0 Å². The maximum absolute atomic E-state index is 11.2. The summed E-state index contributed by atoms with van der Waals surface area (Å²) < 4.78 is 26.9. The van der Waals surface area contributed by atoms with E-state index in [-0.39, 0.29) is 23.6 Å². The van der Waals surface area contributed by atoms with Crippen LogP contribution in [0.15, 0.2) is 0 Å². The van der Waals surface area contributed by atoms with Gasteiger partial charge in [-0.15, -0.1) is 0 Å². The van der Waals surface area contributed by atoms with Gasteiger partial charge in [-0.05, 0) is 6.42 Å². The predicted octanol–water partition coefficient (Wildman–Crippen LogP) is -0.881. The van der Waals surface area contributed by atoms with Crippen LogP contribution in [0, 0.1) is 0 Å². The lowest BCUT2D eigenvalue weighted by Crippen LogP contribution is -2.43. The van der Waals surface area contributed by atoms with Gasteiger partial charge in [-0.1, -0.05) is 0 Å². The largest absolute Gasteiger partial charge is 0.383 e. The van der Waals surface area contributed by atoms with Crippen LogP contribution in [-0.4, -0.2) is 52.3 Å². The van der Waals surface area contributed by atoms with Crippen LogP contribution in [0.1, 0.15) is 6.42 Å². The summed E-state index contributed by atoms with van der Waals surface area (Å²) in [7, 11) is -1.39. The summed E-state index contributed by atoms with van der Waals surface area (Å²) in [6.45, 7) is 0.859. The number of methoxy groups -OCH3 is 1. The minimum absolute atomic E-state index is 0.0463. The van der Waals surface area contributed by atoms with E-state index in [4.69, 9.17) is 4.74 Å². The Labute approximate surface area is 89.3 Å². The summed E-state index contributed by atoms with van der Waals surface area (Å²) in [5.74, 6) is 0.209. The molecule has 15 heavy (non-hydrogen) atoms. The van der Waals surface area contributed by atoms with Crippen molar-refractivity contribution in [3.63, 3.8) is 0 Å². The molecule has 0 aromatic rings. The molecule has 88 valence electrons. The van der Waals surface area contributed by atoms with Crippen molar-refractivity contribution in [3.8, 4) is 0 Å². The van der Waals surface area contributed by atoms with Gasteiger partial charge < -0.3 is 15.4 Å². The molecule has 0 radical (unpaired) electrons. The van der Waals surface area contributed by atoms with Gasteiger partial charge in [0, 0.05) is 19.7 Å². The molecule has 1 unspecified atom stereocenters. The number of rotatable bonds is 4. The van der Waals surface area contributed by atoms with E-state index >= 15 is 0 Å². The summed E-state index contributed by atoms with van der Waals surface area (Å²) >= 11 is 0. The van der Waals surface area contributed by atoms with Crippen LogP contribution in [0.5, 0.6) is 0 Å². The van der Waals surface area contributed by atoms with Crippen molar-refractivity contribution in [1.29, 1.82) is 0 Å². The lowest BCUT2D eigenvalue weighted by atomic mass is 10.3. The summed E-state index contributed by atoms with van der Waals surface area (Å²) in [6.07, 6.45) is 0.500. The van der Waals surface area contributed by atoms with Gasteiger partial charge in [0.25, 0.3) is 0 Å². The first kappa shape index (κ1) is 12.3. The second-order valence-corrected chi connectivity index (χ2v) is 5.72. The van der Waals surface area contributed by atoms with Crippen molar-refractivity contribution in [2.75, 3.05) is 31.8 Å². The Bertz CT molecular complexity index is 315. The van der Waals surface area contributed by atoms with Gasteiger partial charge in [0.15, 0.2) is 9.84 Å². The fourth-order valence-corrected chi connectivity index (χ4v) is 3.09. The van der Waals surface area contributed by atoms with Crippen LogP contribution >= 0.6 is 0 Å². The van der Waals surface area contributed by atoms with Crippen LogP contribution in [0.3, 0.4) is 0 Å². The molecule has 0 bridgehead atoms. The minimum atomic E-state index is -2.93. The second-order valence-electron chi connectivity index (χ2n) is 3.49. The molecular formula is C8H16N2O4S. The molecule has 0 aliphatic carbocycles. The molecule has 7 heteroatoms. The number of carbonyl (C=O) groups excluding carboxylic acids is 1. The normalized spacial score (nSPS) is 23.7. The molecule has 1 fully saturated rings. The van der Waals surface area contributed by atoms with Crippen LogP contribution in [0.4, 0.5) is 4.79 Å². The summed E-state index contributed by atoms with van der Waals surface area (Å²) in [5.41, 5.74) is 0. The third kappa shape index (κ3) is 4.48. The molecule has 1 atom stereocenters. The molecule has 2 amide bonds. The fourth-order valence-electron chi connectivity index (χ4n) is 1.41. The van der Waals surface area contributed by atoms with Crippen LogP contribution in [0.25, 0.3) is 0 Å². The standard InChI is InChI=1S/C8H16N2O4S/c1-14-4-3-9-8(11)10-7-2-5-15(12,13)6-7/h7H,2-6H2,1H3,(H2,9,10,11). The monoisotopic (exact) mass is 236 g/mol. The lowest BCUT2D eigenvalue weighted by Gasteiger charge is -2.11. The lowest BCUT2D eigenvalue weighted by molar-refractivity contribution is 0.195. The maximum Gasteiger partial charge on any atom is 0.315 e. The Balaban J connectivity index is 2.22. The molecule has 6 nitrogen and oxygen atoms in total. The molecule has 1 rings (SSSR count). The minimum Gasteiger partial charge on any atom is -0.383 e. The van der Waals surface area contributed by atoms with E-state index < -0.39 is 9.84 Å². The SMILES string of the molecule is COCCNC(=O)NC1CCS(=O)(=O)C1. The number of hydrogen-bond acceptors (Lipinski definition) is 4. The Kier molecular flexibility index (Phi) is 4.34. The average Bonchev–Trinajstić information content (AvgIpc) is 2.46. The first-order chi connectivity index (χ1) is 7.03. The highest BCUT2D eigenvalue weighted by atomic mass is 32.2. The van der Waals surface area contributed by atoms with Crippen molar-refractivity contribution in [2.45, 2.75) is 12.5 Å². The maximum atomic E-state index is 11.2. The van der Waals surface area contributed by atoms with E-state index in [9.17, 15) is 13.2 Å². The van der Waals surface area contributed by atoms with Gasteiger partial charge in [-0.25, -0.2) is 13.2 Å². The van der Waals surface area contributed by atoms with Crippen LogP contribution < -0.4 is 10.6 Å². The van der Waals surface area contributed by atoms with Gasteiger partial charge in [-0.3, -0.25) is 0 Å². The average molecular weight is 236 g/mol. The van der Waals surface area contributed by atoms with Crippen molar-refractivity contribution in [2.24, 2.45) is 0 Å². The smallest absolute Gasteiger partial charge is 0.315 e. The predicted molar refractivity (Wildman–Crippen MR) is 55.5 cm³/mol. The molecule has 1 saturated heterocycles. The van der Waals surface area contributed by atoms with E-state index in [1.54, 1.807) is 7.11 Å². The molecule has 0 aromatic carbocycles. The van der Waals surface area contributed by atoms with Gasteiger partial charge in [0.05, 0.1) is 18.1 Å². The third-order valence-electron chi connectivity index (χ3n) is 2.16. The van der Waals surface area contributed by atoms with E-state index in [0.717, 1.165) is 0 Å². The molecule has 1 heterocycles. The fraction of sp³-hybridized carbons (Fsp3) is 0.875. The number of carbonyl (C=O) groups is 1. The quantitative estimate of drug-likeness (QED) is 0.621. The topological polar surface area (TPSA) is 84.5 Å². The highest BCUT2D eigenvalue weighted by Crippen LogP contribution is 2.10. The molecule has 0 aromatic heterocycles. The summed E-state index contributed by atoms with van der Waals surface area (Å²) in [4.78, 5) is 11.2. The van der Waals surface area contributed by atoms with E-state index in [1.807, 2.05) is 0 Å². The Morgan fingerprint density at radius 3 is 2.80 bits per heavy atom. The molecule has 2 N–H and O–H groups in total. The van der Waals surface area contributed by atoms with Crippen LogP contribution in [-0.2, 0) is 14.6 Å². The number of ether oxygens (including phenoxy) is 1. The van der Waals surface area contributed by atoms with Gasteiger partial charge >= 0.3 is 6.03 Å². The zero-order chi connectivity index (χ0) is 11.3. The number of sulfone groups is 1. The number of urea groups is 1. The highest BCUT2D eigenvalue weighted by Gasteiger charge is 2.28. The zero-order valence-corrected chi connectivity index (χ0v) is 9.47. The summed E-state index contributed by atoms with van der Waals surface area (Å²) in [5, 5.41) is 5.18. The Hall–Kier alpha value is -0.820. The molecule has 0 saturated carbocycles. The first-order valence-electron chi connectivity index (χ1n) is 4.77. The van der Waals surface area contributed by atoms with E-state index in [2.05, 4.69) is 10.6 Å². The van der Waals surface area contributed by atoms with Gasteiger partial charge in [-0.2, -0.15) is 0 Å². The molecule has 0 spiro atoms. The zero-order valence-electron chi connectivity index (χ0n) is 8.65.